The number of aromatic carboxylic acids is 1. The van der Waals surface area contributed by atoms with Gasteiger partial charge in [0.25, 0.3) is 11.1 Å². The Hall–Kier alpha value is -3.79. The first-order valence-electron chi connectivity index (χ1n) is 8.54. The molecule has 0 radical (unpaired) electrons. The van der Waals surface area contributed by atoms with E-state index in [4.69, 9.17) is 9.84 Å². The molecular weight excluding hydrogens is 412 g/mol. The molecule has 1 heterocycles. The van der Waals surface area contributed by atoms with Crippen molar-refractivity contribution in [3.8, 4) is 11.5 Å². The highest BCUT2D eigenvalue weighted by molar-refractivity contribution is 8.18. The van der Waals surface area contributed by atoms with E-state index in [-0.39, 0.29) is 16.2 Å². The molecule has 154 valence electrons. The first-order chi connectivity index (χ1) is 14.3. The Morgan fingerprint density at radius 3 is 2.50 bits per heavy atom. The van der Waals surface area contributed by atoms with Gasteiger partial charge >= 0.3 is 5.97 Å². The Morgan fingerprint density at radius 1 is 1.17 bits per heavy atom. The molecule has 2 aromatic carbocycles. The van der Waals surface area contributed by atoms with Gasteiger partial charge < -0.3 is 20.3 Å². The maximum atomic E-state index is 12.5. The zero-order valence-corrected chi connectivity index (χ0v) is 16.4. The lowest BCUT2D eigenvalue weighted by Gasteiger charge is -2.13. The monoisotopic (exact) mass is 428 g/mol. The van der Waals surface area contributed by atoms with E-state index in [2.05, 4.69) is 5.32 Å². The van der Waals surface area contributed by atoms with Crippen LogP contribution in [0.4, 0.5) is 10.5 Å². The second-order valence-corrected chi connectivity index (χ2v) is 7.12. The van der Waals surface area contributed by atoms with Gasteiger partial charge in [0.15, 0.2) is 0 Å². The number of carbonyl (C=O) groups is 4. The van der Waals surface area contributed by atoms with Crippen LogP contribution in [0.25, 0.3) is 6.08 Å². The fraction of sp³-hybridized carbons (Fsp3) is 0.100. The van der Waals surface area contributed by atoms with E-state index in [0.29, 0.717) is 11.3 Å². The highest BCUT2D eigenvalue weighted by Crippen LogP contribution is 2.32. The number of nitrogens with zero attached hydrogens (tertiary/aromatic N) is 1. The zero-order valence-electron chi connectivity index (χ0n) is 15.6. The van der Waals surface area contributed by atoms with Gasteiger partial charge in [-0.1, -0.05) is 12.1 Å². The number of amides is 3. The molecule has 1 aliphatic heterocycles. The number of benzene rings is 2. The molecule has 0 saturated carbocycles. The maximum absolute atomic E-state index is 12.5. The van der Waals surface area contributed by atoms with Gasteiger partial charge in [-0.05, 0) is 53.7 Å². The number of anilines is 1. The van der Waals surface area contributed by atoms with Gasteiger partial charge in [-0.2, -0.15) is 0 Å². The molecular formula is C20H16N2O7S. The van der Waals surface area contributed by atoms with E-state index in [1.165, 1.54) is 13.2 Å². The average Bonchev–Trinajstić information content (AvgIpc) is 2.97. The van der Waals surface area contributed by atoms with E-state index in [9.17, 15) is 24.3 Å². The third-order valence-electron chi connectivity index (χ3n) is 4.10. The van der Waals surface area contributed by atoms with E-state index in [1.807, 2.05) is 0 Å². The number of carbonyl (C=O) groups excluding carboxylic acids is 3. The van der Waals surface area contributed by atoms with Crippen molar-refractivity contribution in [1.29, 1.82) is 0 Å². The van der Waals surface area contributed by atoms with Crippen LogP contribution in [-0.4, -0.2) is 51.8 Å². The van der Waals surface area contributed by atoms with Crippen molar-refractivity contribution >= 4 is 46.5 Å². The first kappa shape index (κ1) is 20.9. The van der Waals surface area contributed by atoms with Gasteiger partial charge in [-0.15, -0.1) is 0 Å². The molecule has 0 unspecified atom stereocenters. The van der Waals surface area contributed by atoms with Crippen LogP contribution in [0.5, 0.6) is 11.5 Å². The minimum atomic E-state index is -1.36. The number of nitrogens with one attached hydrogen (secondary N) is 1. The number of imide groups is 1. The van der Waals surface area contributed by atoms with Crippen LogP contribution in [0.15, 0.2) is 47.4 Å². The summed E-state index contributed by atoms with van der Waals surface area (Å²) in [6.45, 7) is -0.534. The second-order valence-electron chi connectivity index (χ2n) is 6.13. The third kappa shape index (κ3) is 4.61. The smallest absolute Gasteiger partial charge is 0.339 e. The summed E-state index contributed by atoms with van der Waals surface area (Å²) in [5, 5.41) is 20.3. The minimum absolute atomic E-state index is 0.107. The maximum Gasteiger partial charge on any atom is 0.339 e. The number of aromatic hydroxyl groups is 1. The van der Waals surface area contributed by atoms with Crippen LogP contribution >= 0.6 is 11.8 Å². The summed E-state index contributed by atoms with van der Waals surface area (Å²) in [7, 11) is 1.53. The SMILES string of the molecule is COc1ccc(/C=C2\SC(=O)N(CC(=O)Nc3ccc(O)c(C(=O)O)c3)C2=O)cc1. The van der Waals surface area contributed by atoms with Crippen molar-refractivity contribution in [3.63, 3.8) is 0 Å². The van der Waals surface area contributed by atoms with Gasteiger partial charge in [0.1, 0.15) is 23.6 Å². The summed E-state index contributed by atoms with van der Waals surface area (Å²) < 4.78 is 5.07. The Kier molecular flexibility index (Phi) is 6.07. The molecule has 0 atom stereocenters. The second kappa shape index (κ2) is 8.70. The molecule has 1 aliphatic rings. The summed E-state index contributed by atoms with van der Waals surface area (Å²) >= 11 is 0.720. The van der Waals surface area contributed by atoms with Gasteiger partial charge in [0.05, 0.1) is 12.0 Å². The molecule has 3 N–H and O–H groups in total. The Labute approximate surface area is 174 Å². The number of hydrogen-bond donors (Lipinski definition) is 3. The van der Waals surface area contributed by atoms with Crippen molar-refractivity contribution in [2.45, 2.75) is 0 Å². The average molecular weight is 428 g/mol. The number of thioether (sulfide) groups is 1. The number of phenols is 1. The predicted molar refractivity (Wildman–Crippen MR) is 109 cm³/mol. The van der Waals surface area contributed by atoms with Crippen LogP contribution in [0.2, 0.25) is 0 Å². The summed E-state index contributed by atoms with van der Waals surface area (Å²) in [4.78, 5) is 49.0. The Bertz CT molecular complexity index is 1060. The third-order valence-corrected chi connectivity index (χ3v) is 5.01. The normalized spacial score (nSPS) is 14.8. The van der Waals surface area contributed by atoms with E-state index >= 15 is 0 Å². The van der Waals surface area contributed by atoms with Crippen molar-refractivity contribution in [1.82, 2.24) is 4.90 Å². The number of rotatable bonds is 6. The standard InChI is InChI=1S/C20H16N2O7S/c1-29-13-5-2-11(3-6-13)8-16-18(25)22(20(28)30-16)10-17(24)21-12-4-7-15(23)14(9-12)19(26)27/h2-9,23H,10H2,1H3,(H,21,24)(H,26,27)/b16-8-. The van der Waals surface area contributed by atoms with Crippen molar-refractivity contribution in [2.75, 3.05) is 19.0 Å². The number of carboxylic acids is 1. The highest BCUT2D eigenvalue weighted by atomic mass is 32.2. The minimum Gasteiger partial charge on any atom is -0.507 e. The Morgan fingerprint density at radius 2 is 1.87 bits per heavy atom. The van der Waals surface area contributed by atoms with Gasteiger partial charge in [0, 0.05) is 5.69 Å². The number of hydrogen-bond acceptors (Lipinski definition) is 7. The summed E-state index contributed by atoms with van der Waals surface area (Å²) in [5.41, 5.74) is 0.411. The quantitative estimate of drug-likeness (QED) is 0.472. The molecule has 30 heavy (non-hydrogen) atoms. The number of ether oxygens (including phenoxy) is 1. The van der Waals surface area contributed by atoms with Gasteiger partial charge in [-0.25, -0.2) is 4.79 Å². The molecule has 0 spiro atoms. The lowest BCUT2D eigenvalue weighted by atomic mass is 10.2. The van der Waals surface area contributed by atoms with Crippen LogP contribution in [0.1, 0.15) is 15.9 Å². The fourth-order valence-electron chi connectivity index (χ4n) is 2.62. The molecule has 1 saturated heterocycles. The largest absolute Gasteiger partial charge is 0.507 e. The molecule has 9 nitrogen and oxygen atoms in total. The van der Waals surface area contributed by atoms with E-state index in [0.717, 1.165) is 28.8 Å². The van der Waals surface area contributed by atoms with Crippen LogP contribution < -0.4 is 10.1 Å². The zero-order chi connectivity index (χ0) is 21.8. The summed E-state index contributed by atoms with van der Waals surface area (Å²) in [5.74, 6) is -2.46. The van der Waals surface area contributed by atoms with Crippen LogP contribution in [0.3, 0.4) is 0 Å². The van der Waals surface area contributed by atoms with E-state index in [1.54, 1.807) is 30.3 Å². The highest BCUT2D eigenvalue weighted by Gasteiger charge is 2.36. The molecule has 2 aromatic rings. The molecule has 0 bridgehead atoms. The lowest BCUT2D eigenvalue weighted by Crippen LogP contribution is -2.36. The topological polar surface area (TPSA) is 133 Å². The molecule has 3 amide bonds. The molecule has 10 heteroatoms. The van der Waals surface area contributed by atoms with E-state index < -0.39 is 35.3 Å². The summed E-state index contributed by atoms with van der Waals surface area (Å²) in [6.07, 6.45) is 1.54. The van der Waals surface area contributed by atoms with Crippen molar-refractivity contribution in [2.24, 2.45) is 0 Å². The Balaban J connectivity index is 1.69. The molecule has 1 fully saturated rings. The predicted octanol–water partition coefficient (Wildman–Crippen LogP) is 2.77. The number of methoxy groups -OCH3 is 1. The summed E-state index contributed by atoms with van der Waals surface area (Å²) in [6, 6.07) is 10.4. The lowest BCUT2D eigenvalue weighted by molar-refractivity contribution is -0.127. The molecule has 0 aliphatic carbocycles. The molecule has 3 rings (SSSR count). The number of carboxylic acid groups (broad SMARTS) is 1. The van der Waals surface area contributed by atoms with Gasteiger partial charge in [0.2, 0.25) is 5.91 Å². The van der Waals surface area contributed by atoms with Crippen LogP contribution in [-0.2, 0) is 9.59 Å². The van der Waals surface area contributed by atoms with Gasteiger partial charge in [-0.3, -0.25) is 19.3 Å². The van der Waals surface area contributed by atoms with Crippen LogP contribution in [0, 0.1) is 0 Å². The molecule has 0 aromatic heterocycles. The van der Waals surface area contributed by atoms with Crippen molar-refractivity contribution < 1.29 is 34.1 Å². The van der Waals surface area contributed by atoms with Crippen molar-refractivity contribution in [3.05, 3.63) is 58.5 Å². The fourth-order valence-corrected chi connectivity index (χ4v) is 3.46. The first-order valence-corrected chi connectivity index (χ1v) is 9.35.